The zero-order valence-electron chi connectivity index (χ0n) is 18.3. The summed E-state index contributed by atoms with van der Waals surface area (Å²) < 4.78 is 10.3. The van der Waals surface area contributed by atoms with Crippen molar-refractivity contribution in [2.75, 3.05) is 6.54 Å². The number of guanidine groups is 1. The van der Waals surface area contributed by atoms with Crippen LogP contribution in [0.1, 0.15) is 61.3 Å². The number of amides is 3. The second kappa shape index (κ2) is 12.0. The maximum absolute atomic E-state index is 12.0. The lowest BCUT2D eigenvalue weighted by Crippen LogP contribution is -2.47. The third-order valence-corrected chi connectivity index (χ3v) is 2.69. The van der Waals surface area contributed by atoms with Crippen molar-refractivity contribution in [3.63, 3.8) is 0 Å². The van der Waals surface area contributed by atoms with Crippen LogP contribution in [0.4, 0.5) is 9.59 Å². The Hall–Kier alpha value is -2.69. The van der Waals surface area contributed by atoms with Crippen molar-refractivity contribution in [2.24, 2.45) is 15.8 Å². The fraction of sp³-hybridized carbons (Fsp3) is 0.722. The van der Waals surface area contributed by atoms with E-state index < -0.39 is 23.4 Å². The Bertz CT molecular complexity index is 587. The van der Waals surface area contributed by atoms with Gasteiger partial charge in [-0.2, -0.15) is 5.10 Å². The zero-order chi connectivity index (χ0) is 22.7. The highest BCUT2D eigenvalue weighted by Crippen LogP contribution is 2.07. The minimum absolute atomic E-state index is 0.0889. The number of nitrogens with two attached hydrogens (primary N) is 1. The van der Waals surface area contributed by atoms with Gasteiger partial charge in [0.05, 0.1) is 0 Å². The molecule has 0 saturated heterocycles. The van der Waals surface area contributed by atoms with Crippen LogP contribution in [-0.4, -0.2) is 54.1 Å². The molecule has 0 rings (SSSR count). The first kappa shape index (κ1) is 26.3. The molecule has 0 heterocycles. The Balaban J connectivity index is 4.81. The molecule has 0 bridgehead atoms. The molecule has 1 atom stereocenters. The van der Waals surface area contributed by atoms with Gasteiger partial charge >= 0.3 is 12.2 Å². The monoisotopic (exact) mass is 414 g/mol. The van der Waals surface area contributed by atoms with E-state index in [0.29, 0.717) is 12.8 Å². The Morgan fingerprint density at radius 2 is 1.48 bits per heavy atom. The van der Waals surface area contributed by atoms with Crippen molar-refractivity contribution in [2.45, 2.75) is 78.6 Å². The highest BCUT2D eigenvalue weighted by Gasteiger charge is 2.21. The minimum atomic E-state index is -0.758. The van der Waals surface area contributed by atoms with Gasteiger partial charge in [-0.25, -0.2) is 15.0 Å². The van der Waals surface area contributed by atoms with E-state index >= 15 is 0 Å². The van der Waals surface area contributed by atoms with Crippen molar-refractivity contribution in [1.29, 1.82) is 0 Å². The number of carbonyl (C=O) groups is 3. The van der Waals surface area contributed by atoms with Crippen LogP contribution < -0.4 is 21.8 Å². The van der Waals surface area contributed by atoms with Crippen LogP contribution in [-0.2, 0) is 14.3 Å². The van der Waals surface area contributed by atoms with Crippen LogP contribution in [0, 0.1) is 0 Å². The van der Waals surface area contributed by atoms with Gasteiger partial charge in [0.2, 0.25) is 11.9 Å². The Kier molecular flexibility index (Phi) is 10.9. The fourth-order valence-corrected chi connectivity index (χ4v) is 1.73. The third-order valence-electron chi connectivity index (χ3n) is 2.69. The number of rotatable bonds is 6. The molecule has 0 aliphatic carbocycles. The van der Waals surface area contributed by atoms with Gasteiger partial charge < -0.3 is 15.2 Å². The predicted molar refractivity (Wildman–Crippen MR) is 111 cm³/mol. The van der Waals surface area contributed by atoms with E-state index in [4.69, 9.17) is 15.2 Å². The van der Waals surface area contributed by atoms with Crippen molar-refractivity contribution in [3.05, 3.63) is 0 Å². The summed E-state index contributed by atoms with van der Waals surface area (Å²) >= 11 is 0. The smallest absolute Gasteiger partial charge is 0.414 e. The molecule has 11 heteroatoms. The molecule has 0 radical (unpaired) electrons. The molecule has 5 N–H and O–H groups in total. The van der Waals surface area contributed by atoms with Crippen molar-refractivity contribution >= 4 is 30.3 Å². The minimum Gasteiger partial charge on any atom is -0.444 e. The van der Waals surface area contributed by atoms with Crippen LogP contribution in [0.25, 0.3) is 0 Å². The number of hydrazone groups is 1. The number of nitrogens with one attached hydrogen (secondary N) is 3. The van der Waals surface area contributed by atoms with Gasteiger partial charge in [0.25, 0.3) is 0 Å². The summed E-state index contributed by atoms with van der Waals surface area (Å²) in [6.45, 7) is 11.9. The summed E-state index contributed by atoms with van der Waals surface area (Å²) in [4.78, 5) is 38.8. The first-order valence-electron chi connectivity index (χ1n) is 9.28. The maximum Gasteiger partial charge on any atom is 0.414 e. The lowest BCUT2D eigenvalue weighted by molar-refractivity contribution is -0.118. The van der Waals surface area contributed by atoms with Crippen LogP contribution in [0.15, 0.2) is 10.1 Å². The van der Waals surface area contributed by atoms with Gasteiger partial charge in [0.1, 0.15) is 11.2 Å². The van der Waals surface area contributed by atoms with Gasteiger partial charge in [-0.05, 0) is 54.4 Å². The lowest BCUT2D eigenvalue weighted by Gasteiger charge is -2.22. The summed E-state index contributed by atoms with van der Waals surface area (Å²) in [5.74, 6) is -0.377. The van der Waals surface area contributed by atoms with Crippen molar-refractivity contribution < 1.29 is 23.9 Å². The fourth-order valence-electron chi connectivity index (χ4n) is 1.73. The van der Waals surface area contributed by atoms with E-state index in [-0.39, 0.29) is 24.5 Å². The molecule has 0 aromatic heterocycles. The maximum atomic E-state index is 12.0. The van der Waals surface area contributed by atoms with E-state index in [1.165, 1.54) is 13.1 Å². The molecule has 0 aromatic carbocycles. The largest absolute Gasteiger partial charge is 0.444 e. The summed E-state index contributed by atoms with van der Waals surface area (Å²) in [5.41, 5.74) is 6.70. The molecule has 0 saturated carbocycles. The first-order valence-corrected chi connectivity index (χ1v) is 9.28. The standard InChI is InChI=1S/C18H34N6O5/c1-12(25)24-21-11-13(19)9-8-10-20-14(22-15(26)28-17(2,3)4)23-16(27)29-18(5,6)7/h11,13H,8-10,19H2,1-7H3,(H,24,25)(H2,20,22,23,26,27)/b21-11-. The number of hydrogen-bond acceptors (Lipinski definition) is 8. The van der Waals surface area contributed by atoms with Crippen LogP contribution >= 0.6 is 0 Å². The number of hydrogen-bond donors (Lipinski definition) is 4. The molecular formula is C18H34N6O5. The van der Waals surface area contributed by atoms with Crippen LogP contribution in [0.5, 0.6) is 0 Å². The molecule has 11 nitrogen and oxygen atoms in total. The van der Waals surface area contributed by atoms with E-state index in [1.54, 1.807) is 41.5 Å². The summed E-state index contributed by atoms with van der Waals surface area (Å²) in [6, 6.07) is -0.377. The molecule has 0 fully saturated rings. The van der Waals surface area contributed by atoms with E-state index in [1.807, 2.05) is 0 Å². The quantitative estimate of drug-likeness (QED) is 0.224. The number of alkyl carbamates (subject to hydrolysis) is 2. The summed E-state index contributed by atoms with van der Waals surface area (Å²) in [7, 11) is 0. The van der Waals surface area contributed by atoms with Gasteiger partial charge in [0, 0.05) is 25.7 Å². The average Bonchev–Trinajstić information content (AvgIpc) is 2.47. The number of nitrogens with zero attached hydrogens (tertiary/aromatic N) is 2. The topological polar surface area (TPSA) is 156 Å². The molecule has 1 unspecified atom stereocenters. The van der Waals surface area contributed by atoms with Gasteiger partial charge in [-0.1, -0.05) is 0 Å². The van der Waals surface area contributed by atoms with E-state index in [2.05, 4.69) is 26.2 Å². The normalized spacial score (nSPS) is 12.7. The average molecular weight is 415 g/mol. The van der Waals surface area contributed by atoms with Gasteiger partial charge in [-0.15, -0.1) is 0 Å². The van der Waals surface area contributed by atoms with Gasteiger partial charge in [0.15, 0.2) is 0 Å². The van der Waals surface area contributed by atoms with Crippen LogP contribution in [0.3, 0.4) is 0 Å². The second-order valence-electron chi connectivity index (χ2n) is 8.24. The Morgan fingerprint density at radius 3 is 1.90 bits per heavy atom. The predicted octanol–water partition coefficient (Wildman–Crippen LogP) is 1.62. The molecule has 0 aliphatic heterocycles. The molecular weight excluding hydrogens is 380 g/mol. The molecule has 166 valence electrons. The Labute approximate surface area is 171 Å². The second-order valence-corrected chi connectivity index (χ2v) is 8.24. The highest BCUT2D eigenvalue weighted by molar-refractivity contribution is 6.01. The summed E-state index contributed by atoms with van der Waals surface area (Å²) in [6.07, 6.45) is 0.976. The van der Waals surface area contributed by atoms with Crippen LogP contribution in [0.2, 0.25) is 0 Å². The molecule has 0 spiro atoms. The van der Waals surface area contributed by atoms with Crippen molar-refractivity contribution in [3.8, 4) is 0 Å². The molecule has 3 amide bonds. The highest BCUT2D eigenvalue weighted by atomic mass is 16.6. The molecule has 29 heavy (non-hydrogen) atoms. The van der Waals surface area contributed by atoms with E-state index in [0.717, 1.165) is 0 Å². The number of aliphatic imine (C=N–C) groups is 1. The Morgan fingerprint density at radius 1 is 1.00 bits per heavy atom. The first-order chi connectivity index (χ1) is 13.2. The SMILES string of the molecule is CC(=O)N/N=C\C(N)CCCN=C(NC(=O)OC(C)(C)C)NC(=O)OC(C)(C)C. The zero-order valence-corrected chi connectivity index (χ0v) is 18.3. The molecule has 0 aliphatic rings. The lowest BCUT2D eigenvalue weighted by atomic mass is 10.2. The van der Waals surface area contributed by atoms with Gasteiger partial charge in [-0.3, -0.25) is 20.4 Å². The molecule has 0 aromatic rings. The number of ether oxygens (including phenoxy) is 2. The summed E-state index contributed by atoms with van der Waals surface area (Å²) in [5, 5.41) is 8.49. The number of carbonyl (C=O) groups excluding carboxylic acids is 3. The van der Waals surface area contributed by atoms with E-state index in [9.17, 15) is 14.4 Å². The third kappa shape index (κ3) is 17.2. The van der Waals surface area contributed by atoms with Crippen molar-refractivity contribution in [1.82, 2.24) is 16.1 Å².